The van der Waals surface area contributed by atoms with Gasteiger partial charge in [0, 0.05) is 12.5 Å². The summed E-state index contributed by atoms with van der Waals surface area (Å²) in [7, 11) is 1.57. The highest BCUT2D eigenvalue weighted by molar-refractivity contribution is 5.36. The molecule has 3 rings (SSSR count). The normalized spacial score (nSPS) is 14.9. The molecule has 1 aliphatic carbocycles. The van der Waals surface area contributed by atoms with Gasteiger partial charge in [-0.05, 0) is 36.0 Å². The maximum Gasteiger partial charge on any atom is 0.216 e. The molecule has 1 N–H and O–H groups in total. The first-order chi connectivity index (χ1) is 9.76. The SMILES string of the molecule is COc1cc(CC(O)c2ccc3c(c2)CCC3)ncn1. The largest absolute Gasteiger partial charge is 0.481 e. The standard InChI is InChI=1S/C16H18N2O2/c1-20-16-9-14(17-10-18-16)8-15(19)13-6-5-11-3-2-4-12(11)7-13/h5-7,9-10,15,19H,2-4,8H2,1H3. The van der Waals surface area contributed by atoms with Gasteiger partial charge >= 0.3 is 0 Å². The lowest BCUT2D eigenvalue weighted by atomic mass is 10.00. The average Bonchev–Trinajstić information content (AvgIpc) is 2.94. The molecule has 20 heavy (non-hydrogen) atoms. The van der Waals surface area contributed by atoms with Crippen molar-refractivity contribution in [1.82, 2.24) is 9.97 Å². The van der Waals surface area contributed by atoms with Gasteiger partial charge in [-0.1, -0.05) is 18.2 Å². The zero-order chi connectivity index (χ0) is 13.9. The van der Waals surface area contributed by atoms with Gasteiger partial charge < -0.3 is 9.84 Å². The summed E-state index contributed by atoms with van der Waals surface area (Å²) in [6.07, 6.45) is 4.89. The summed E-state index contributed by atoms with van der Waals surface area (Å²) >= 11 is 0. The molecule has 0 saturated heterocycles. The van der Waals surface area contributed by atoms with Crippen LogP contribution in [0, 0.1) is 0 Å². The average molecular weight is 270 g/mol. The van der Waals surface area contributed by atoms with Gasteiger partial charge in [0.1, 0.15) is 6.33 Å². The molecule has 4 nitrogen and oxygen atoms in total. The monoisotopic (exact) mass is 270 g/mol. The molecule has 1 aliphatic rings. The van der Waals surface area contributed by atoms with Gasteiger partial charge in [-0.3, -0.25) is 0 Å². The van der Waals surface area contributed by atoms with Crippen molar-refractivity contribution in [2.45, 2.75) is 31.8 Å². The van der Waals surface area contributed by atoms with Gasteiger partial charge in [-0.25, -0.2) is 9.97 Å². The van der Waals surface area contributed by atoms with Crippen LogP contribution in [0.25, 0.3) is 0 Å². The van der Waals surface area contributed by atoms with E-state index >= 15 is 0 Å². The van der Waals surface area contributed by atoms with Gasteiger partial charge in [-0.15, -0.1) is 0 Å². The summed E-state index contributed by atoms with van der Waals surface area (Å²) in [5.41, 5.74) is 4.54. The highest BCUT2D eigenvalue weighted by Crippen LogP contribution is 2.26. The second-order valence-corrected chi connectivity index (χ2v) is 5.15. The third kappa shape index (κ3) is 2.65. The first-order valence-corrected chi connectivity index (χ1v) is 6.91. The molecule has 104 valence electrons. The van der Waals surface area contributed by atoms with Gasteiger partial charge in [0.2, 0.25) is 5.88 Å². The number of fused-ring (bicyclic) bond motifs is 1. The summed E-state index contributed by atoms with van der Waals surface area (Å²) in [6, 6.07) is 8.05. The zero-order valence-corrected chi connectivity index (χ0v) is 11.5. The van der Waals surface area contributed by atoms with Crippen LogP contribution in [-0.4, -0.2) is 22.2 Å². The van der Waals surface area contributed by atoms with Crippen molar-refractivity contribution in [3.8, 4) is 5.88 Å². The molecule has 0 amide bonds. The number of aliphatic hydroxyl groups is 1. The minimum absolute atomic E-state index is 0.470. The van der Waals surface area contributed by atoms with Crippen molar-refractivity contribution in [1.29, 1.82) is 0 Å². The summed E-state index contributed by atoms with van der Waals surface area (Å²) in [5, 5.41) is 10.4. The van der Waals surface area contributed by atoms with Crippen molar-refractivity contribution in [3.63, 3.8) is 0 Å². The molecule has 1 aromatic heterocycles. The quantitative estimate of drug-likeness (QED) is 0.925. The van der Waals surface area contributed by atoms with Crippen molar-refractivity contribution in [2.24, 2.45) is 0 Å². The summed E-state index contributed by atoms with van der Waals surface area (Å²) in [4.78, 5) is 8.14. The second kappa shape index (κ2) is 5.59. The molecule has 0 aliphatic heterocycles. The Hall–Kier alpha value is -1.94. The highest BCUT2D eigenvalue weighted by Gasteiger charge is 2.15. The summed E-state index contributed by atoms with van der Waals surface area (Å²) in [5.74, 6) is 0.524. The maximum atomic E-state index is 10.4. The number of ether oxygens (including phenoxy) is 1. The van der Waals surface area contributed by atoms with Crippen molar-refractivity contribution in [3.05, 3.63) is 53.0 Å². The van der Waals surface area contributed by atoms with Crippen LogP contribution < -0.4 is 4.74 Å². The van der Waals surface area contributed by atoms with E-state index < -0.39 is 6.10 Å². The predicted octanol–water partition coefficient (Wildman–Crippen LogP) is 2.25. The number of nitrogens with zero attached hydrogens (tertiary/aromatic N) is 2. The Bertz CT molecular complexity index is 613. The lowest BCUT2D eigenvalue weighted by molar-refractivity contribution is 0.177. The minimum Gasteiger partial charge on any atom is -0.481 e. The highest BCUT2D eigenvalue weighted by atomic mass is 16.5. The van der Waals surface area contributed by atoms with Crippen molar-refractivity contribution < 1.29 is 9.84 Å². The van der Waals surface area contributed by atoms with Gasteiger partial charge in [0.05, 0.1) is 18.9 Å². The van der Waals surface area contributed by atoms with E-state index in [1.54, 1.807) is 13.2 Å². The van der Waals surface area contributed by atoms with Gasteiger partial charge in [0.25, 0.3) is 0 Å². The Balaban J connectivity index is 1.77. The number of methoxy groups -OCH3 is 1. The van der Waals surface area contributed by atoms with Crippen LogP contribution in [0.1, 0.15) is 34.9 Å². The molecule has 1 aromatic carbocycles. The molecule has 0 bridgehead atoms. The molecule has 2 aromatic rings. The molecule has 4 heteroatoms. The van der Waals surface area contributed by atoms with E-state index in [-0.39, 0.29) is 0 Å². The van der Waals surface area contributed by atoms with E-state index in [9.17, 15) is 5.11 Å². The van der Waals surface area contributed by atoms with Crippen LogP contribution in [-0.2, 0) is 19.3 Å². The Labute approximate surface area is 118 Å². The Morgan fingerprint density at radius 3 is 2.90 bits per heavy atom. The topological polar surface area (TPSA) is 55.2 Å². The van der Waals surface area contributed by atoms with Crippen LogP contribution in [0.2, 0.25) is 0 Å². The van der Waals surface area contributed by atoms with E-state index in [1.807, 2.05) is 6.07 Å². The molecule has 0 radical (unpaired) electrons. The van der Waals surface area contributed by atoms with E-state index in [1.165, 1.54) is 23.9 Å². The van der Waals surface area contributed by atoms with Crippen LogP contribution in [0.15, 0.2) is 30.6 Å². The van der Waals surface area contributed by atoms with Crippen LogP contribution in [0.5, 0.6) is 5.88 Å². The van der Waals surface area contributed by atoms with Gasteiger partial charge in [0.15, 0.2) is 0 Å². The smallest absolute Gasteiger partial charge is 0.216 e. The molecule has 0 fully saturated rings. The van der Waals surface area contributed by atoms with Crippen LogP contribution in [0.4, 0.5) is 0 Å². The number of hydrogen-bond donors (Lipinski definition) is 1. The number of benzene rings is 1. The second-order valence-electron chi connectivity index (χ2n) is 5.15. The van der Waals surface area contributed by atoms with E-state index in [0.29, 0.717) is 12.3 Å². The van der Waals surface area contributed by atoms with Crippen molar-refractivity contribution >= 4 is 0 Å². The molecule has 1 atom stereocenters. The molecule has 1 heterocycles. The minimum atomic E-state index is -0.541. The van der Waals surface area contributed by atoms with E-state index in [4.69, 9.17) is 4.74 Å². The molecule has 1 unspecified atom stereocenters. The fourth-order valence-corrected chi connectivity index (χ4v) is 2.72. The third-order valence-electron chi connectivity index (χ3n) is 3.82. The first kappa shape index (κ1) is 13.1. The number of aliphatic hydroxyl groups excluding tert-OH is 1. The van der Waals surface area contributed by atoms with Crippen LogP contribution in [0.3, 0.4) is 0 Å². The third-order valence-corrected chi connectivity index (χ3v) is 3.82. The van der Waals surface area contributed by atoms with Gasteiger partial charge in [-0.2, -0.15) is 0 Å². The molecular weight excluding hydrogens is 252 g/mol. The Kier molecular flexibility index (Phi) is 3.65. The lowest BCUT2D eigenvalue weighted by Crippen LogP contribution is -2.05. The Morgan fingerprint density at radius 2 is 2.05 bits per heavy atom. The fraction of sp³-hybridized carbons (Fsp3) is 0.375. The van der Waals surface area contributed by atoms with Crippen LogP contribution >= 0.6 is 0 Å². The number of aromatic nitrogens is 2. The lowest BCUT2D eigenvalue weighted by Gasteiger charge is -2.12. The number of hydrogen-bond acceptors (Lipinski definition) is 4. The zero-order valence-electron chi connectivity index (χ0n) is 11.5. The molecule has 0 saturated carbocycles. The Morgan fingerprint density at radius 1 is 1.20 bits per heavy atom. The number of rotatable bonds is 4. The first-order valence-electron chi connectivity index (χ1n) is 6.91. The number of aryl methyl sites for hydroxylation is 2. The van der Waals surface area contributed by atoms with E-state index in [2.05, 4.69) is 22.1 Å². The molecular formula is C16H18N2O2. The summed E-state index contributed by atoms with van der Waals surface area (Å²) in [6.45, 7) is 0. The van der Waals surface area contributed by atoms with Crippen molar-refractivity contribution in [2.75, 3.05) is 7.11 Å². The molecule has 0 spiro atoms. The maximum absolute atomic E-state index is 10.4. The van der Waals surface area contributed by atoms with E-state index in [0.717, 1.165) is 24.1 Å². The summed E-state index contributed by atoms with van der Waals surface area (Å²) < 4.78 is 5.07. The fourth-order valence-electron chi connectivity index (χ4n) is 2.72. The predicted molar refractivity (Wildman–Crippen MR) is 75.7 cm³/mol.